The molecule has 1 N–H and O–H groups in total. The van der Waals surface area contributed by atoms with Gasteiger partial charge < -0.3 is 5.11 Å². The van der Waals surface area contributed by atoms with E-state index in [1.54, 1.807) is 0 Å². The monoisotopic (exact) mass is 218 g/mol. The first-order valence-corrected chi connectivity index (χ1v) is 5.89. The van der Waals surface area contributed by atoms with Crippen LogP contribution in [-0.4, -0.2) is 11.1 Å². The maximum absolute atomic E-state index is 10.9. The van der Waals surface area contributed by atoms with Crippen molar-refractivity contribution in [2.24, 2.45) is 17.8 Å². The normalized spacial score (nSPS) is 25.4. The van der Waals surface area contributed by atoms with Gasteiger partial charge in [-0.05, 0) is 29.7 Å². The van der Waals surface area contributed by atoms with Gasteiger partial charge >= 0.3 is 5.97 Å². The van der Waals surface area contributed by atoms with Crippen molar-refractivity contribution in [1.29, 1.82) is 0 Å². The third-order valence-electron chi connectivity index (χ3n) is 3.52. The lowest BCUT2D eigenvalue weighted by molar-refractivity contribution is -0.138. The summed E-state index contributed by atoms with van der Waals surface area (Å²) in [5, 5.41) is 9.00. The minimum Gasteiger partial charge on any atom is -0.481 e. The van der Waals surface area contributed by atoms with Crippen LogP contribution >= 0.6 is 0 Å². The predicted molar refractivity (Wildman–Crippen MR) is 63.3 cm³/mol. The van der Waals surface area contributed by atoms with E-state index in [0.717, 1.165) is 6.42 Å². The number of hydrogen-bond acceptors (Lipinski definition) is 1. The van der Waals surface area contributed by atoms with Crippen molar-refractivity contribution in [3.05, 3.63) is 35.9 Å². The van der Waals surface area contributed by atoms with E-state index < -0.39 is 5.97 Å². The van der Waals surface area contributed by atoms with Gasteiger partial charge in [0.2, 0.25) is 0 Å². The Kier molecular flexibility index (Phi) is 2.99. The summed E-state index contributed by atoms with van der Waals surface area (Å²) >= 11 is 0. The second-order valence-corrected chi connectivity index (χ2v) is 5.02. The fourth-order valence-corrected chi connectivity index (χ4v) is 2.70. The zero-order chi connectivity index (χ0) is 11.7. The summed E-state index contributed by atoms with van der Waals surface area (Å²) in [7, 11) is 0. The third kappa shape index (κ3) is 2.11. The first kappa shape index (κ1) is 11.2. The van der Waals surface area contributed by atoms with Crippen molar-refractivity contribution >= 4 is 5.97 Å². The number of hydrogen-bond donors (Lipinski definition) is 1. The van der Waals surface area contributed by atoms with Crippen molar-refractivity contribution < 1.29 is 9.90 Å². The van der Waals surface area contributed by atoms with Crippen LogP contribution in [-0.2, 0) is 4.79 Å². The molecular formula is C14H18O2. The fraction of sp³-hybridized carbons (Fsp3) is 0.500. The lowest BCUT2D eigenvalue weighted by Gasteiger charge is -2.21. The van der Waals surface area contributed by atoms with Crippen LogP contribution in [0.2, 0.25) is 0 Å². The molecule has 0 heterocycles. The maximum Gasteiger partial charge on any atom is 0.306 e. The van der Waals surface area contributed by atoms with Gasteiger partial charge in [-0.2, -0.15) is 0 Å². The average Bonchev–Trinajstić information content (AvgIpc) is 2.99. The molecule has 2 rings (SSSR count). The summed E-state index contributed by atoms with van der Waals surface area (Å²) in [6, 6.07) is 10.3. The molecule has 3 atom stereocenters. The Morgan fingerprint density at radius 2 is 1.94 bits per heavy atom. The summed E-state index contributed by atoms with van der Waals surface area (Å²) in [5.41, 5.74) is 1.28. The largest absolute Gasteiger partial charge is 0.481 e. The van der Waals surface area contributed by atoms with Gasteiger partial charge in [-0.15, -0.1) is 0 Å². The molecule has 0 aliphatic heterocycles. The van der Waals surface area contributed by atoms with E-state index in [1.807, 2.05) is 18.2 Å². The van der Waals surface area contributed by atoms with Crippen LogP contribution in [0.1, 0.15) is 31.7 Å². The Morgan fingerprint density at radius 1 is 1.31 bits per heavy atom. The van der Waals surface area contributed by atoms with Gasteiger partial charge in [-0.1, -0.05) is 44.2 Å². The second-order valence-electron chi connectivity index (χ2n) is 5.02. The molecule has 1 saturated carbocycles. The molecule has 16 heavy (non-hydrogen) atoms. The molecule has 0 amide bonds. The van der Waals surface area contributed by atoms with Gasteiger partial charge in [0.25, 0.3) is 0 Å². The van der Waals surface area contributed by atoms with Gasteiger partial charge in [0, 0.05) is 0 Å². The average molecular weight is 218 g/mol. The number of carboxylic acid groups (broad SMARTS) is 1. The van der Waals surface area contributed by atoms with Gasteiger partial charge in [0.1, 0.15) is 0 Å². The second kappa shape index (κ2) is 4.28. The standard InChI is InChI=1S/C14H18O2/c1-9(2)13(10-6-4-3-5-7-10)11-8-12(11)14(15)16/h3-7,9,11-13H,8H2,1-2H3,(H,15,16). The van der Waals surface area contributed by atoms with E-state index in [1.165, 1.54) is 5.56 Å². The Balaban J connectivity index is 2.17. The van der Waals surface area contributed by atoms with Crippen LogP contribution in [0.25, 0.3) is 0 Å². The maximum atomic E-state index is 10.9. The number of rotatable bonds is 4. The Bertz CT molecular complexity index is 370. The molecule has 0 aromatic heterocycles. The van der Waals surface area contributed by atoms with Gasteiger partial charge in [-0.25, -0.2) is 0 Å². The van der Waals surface area contributed by atoms with Crippen molar-refractivity contribution in [3.63, 3.8) is 0 Å². The first-order chi connectivity index (χ1) is 7.61. The van der Waals surface area contributed by atoms with E-state index >= 15 is 0 Å². The molecule has 1 aliphatic carbocycles. The first-order valence-electron chi connectivity index (χ1n) is 5.89. The smallest absolute Gasteiger partial charge is 0.306 e. The summed E-state index contributed by atoms with van der Waals surface area (Å²) in [6.45, 7) is 4.35. The lowest BCUT2D eigenvalue weighted by atomic mass is 9.83. The molecule has 1 fully saturated rings. The number of carboxylic acids is 1. The molecule has 3 unspecified atom stereocenters. The van der Waals surface area contributed by atoms with E-state index in [0.29, 0.717) is 17.8 Å². The molecule has 0 saturated heterocycles. The molecular weight excluding hydrogens is 200 g/mol. The SMILES string of the molecule is CC(C)C(c1ccccc1)C1CC1C(=O)O. The van der Waals surface area contributed by atoms with Crippen LogP contribution < -0.4 is 0 Å². The van der Waals surface area contributed by atoms with E-state index in [4.69, 9.17) is 5.11 Å². The van der Waals surface area contributed by atoms with Crippen molar-refractivity contribution in [2.75, 3.05) is 0 Å². The summed E-state index contributed by atoms with van der Waals surface area (Å²) in [4.78, 5) is 10.9. The summed E-state index contributed by atoms with van der Waals surface area (Å²) < 4.78 is 0. The third-order valence-corrected chi connectivity index (χ3v) is 3.52. The summed E-state index contributed by atoms with van der Waals surface area (Å²) in [6.07, 6.45) is 0.840. The van der Waals surface area contributed by atoms with Crippen LogP contribution in [0.5, 0.6) is 0 Å². The lowest BCUT2D eigenvalue weighted by Crippen LogP contribution is -2.12. The van der Waals surface area contributed by atoms with Gasteiger partial charge in [0.15, 0.2) is 0 Å². The summed E-state index contributed by atoms with van der Waals surface area (Å²) in [5.74, 6) is 0.470. The molecule has 0 bridgehead atoms. The topological polar surface area (TPSA) is 37.3 Å². The van der Waals surface area contributed by atoms with Crippen LogP contribution in [0.3, 0.4) is 0 Å². The fourth-order valence-electron chi connectivity index (χ4n) is 2.70. The molecule has 1 aliphatic rings. The highest BCUT2D eigenvalue weighted by atomic mass is 16.4. The van der Waals surface area contributed by atoms with Crippen LogP contribution in [0, 0.1) is 17.8 Å². The highest BCUT2D eigenvalue weighted by Gasteiger charge is 2.48. The van der Waals surface area contributed by atoms with Crippen molar-refractivity contribution in [2.45, 2.75) is 26.2 Å². The van der Waals surface area contributed by atoms with E-state index in [2.05, 4.69) is 26.0 Å². The Hall–Kier alpha value is -1.31. The molecule has 2 nitrogen and oxygen atoms in total. The van der Waals surface area contributed by atoms with E-state index in [-0.39, 0.29) is 5.92 Å². The van der Waals surface area contributed by atoms with Gasteiger partial charge in [-0.3, -0.25) is 4.79 Å². The number of carbonyl (C=O) groups is 1. The molecule has 1 aromatic carbocycles. The van der Waals surface area contributed by atoms with Crippen molar-refractivity contribution in [3.8, 4) is 0 Å². The van der Waals surface area contributed by atoms with Crippen molar-refractivity contribution in [1.82, 2.24) is 0 Å². The quantitative estimate of drug-likeness (QED) is 0.843. The molecule has 2 heteroatoms. The highest BCUT2D eigenvalue weighted by molar-refractivity contribution is 5.73. The minimum absolute atomic E-state index is 0.118. The minimum atomic E-state index is -0.633. The zero-order valence-electron chi connectivity index (χ0n) is 9.76. The highest BCUT2D eigenvalue weighted by Crippen LogP contribution is 2.51. The Labute approximate surface area is 96.3 Å². The number of aliphatic carboxylic acids is 1. The zero-order valence-corrected chi connectivity index (χ0v) is 9.76. The molecule has 0 spiro atoms. The molecule has 1 aromatic rings. The van der Waals surface area contributed by atoms with Gasteiger partial charge in [0.05, 0.1) is 5.92 Å². The number of benzene rings is 1. The Morgan fingerprint density at radius 3 is 2.38 bits per heavy atom. The van der Waals surface area contributed by atoms with Crippen LogP contribution in [0.15, 0.2) is 30.3 Å². The van der Waals surface area contributed by atoms with Crippen LogP contribution in [0.4, 0.5) is 0 Å². The molecule has 0 radical (unpaired) electrons. The van der Waals surface area contributed by atoms with E-state index in [9.17, 15) is 4.79 Å². The predicted octanol–water partition coefficient (Wildman–Crippen LogP) is 3.15. The molecule has 86 valence electrons.